The smallest absolute Gasteiger partial charge is 0.238 e. The van der Waals surface area contributed by atoms with E-state index in [-0.39, 0.29) is 10.7 Å². The van der Waals surface area contributed by atoms with Gasteiger partial charge in [-0.3, -0.25) is 0 Å². The summed E-state index contributed by atoms with van der Waals surface area (Å²) in [5.74, 6) is 0.159. The number of rotatable bonds is 7. The second-order valence-corrected chi connectivity index (χ2v) is 8.98. The third-order valence-corrected chi connectivity index (χ3v) is 5.73. The molecule has 0 heterocycles. The van der Waals surface area contributed by atoms with E-state index in [0.29, 0.717) is 19.0 Å². The number of sulfonamides is 1. The Morgan fingerprint density at radius 3 is 1.97 bits per heavy atom. The first kappa shape index (κ1) is 21.0. The van der Waals surface area contributed by atoms with Gasteiger partial charge in [-0.15, -0.1) is 0 Å². The van der Waals surface area contributed by atoms with Crippen LogP contribution in [0.5, 0.6) is 0 Å². The first-order valence-corrected chi connectivity index (χ1v) is 11.0. The Labute approximate surface area is 171 Å². The molecule has 2 N–H and O–H groups in total. The highest BCUT2D eigenvalue weighted by Gasteiger charge is 2.14. The normalized spacial score (nSPS) is 11.6. The number of anilines is 1. The fourth-order valence-corrected chi connectivity index (χ4v) is 3.69. The van der Waals surface area contributed by atoms with Crippen molar-refractivity contribution in [3.63, 3.8) is 0 Å². The molecule has 3 aromatic carbocycles. The van der Waals surface area contributed by atoms with Gasteiger partial charge >= 0.3 is 0 Å². The molecule has 0 bridgehead atoms. The first-order chi connectivity index (χ1) is 13.7. The number of halogens is 1. The molecule has 4 nitrogen and oxygen atoms in total. The van der Waals surface area contributed by atoms with Crippen molar-refractivity contribution < 1.29 is 12.8 Å². The van der Waals surface area contributed by atoms with Gasteiger partial charge in [0.2, 0.25) is 10.0 Å². The van der Waals surface area contributed by atoms with Crippen LogP contribution in [0, 0.1) is 5.82 Å². The van der Waals surface area contributed by atoms with Gasteiger partial charge in [0.1, 0.15) is 5.82 Å². The summed E-state index contributed by atoms with van der Waals surface area (Å²) < 4.78 is 36.8. The molecule has 0 unspecified atom stereocenters. The largest absolute Gasteiger partial charge is 0.363 e. The molecule has 0 saturated heterocycles. The minimum Gasteiger partial charge on any atom is -0.363 e. The molecule has 0 atom stereocenters. The van der Waals surface area contributed by atoms with Gasteiger partial charge in [-0.1, -0.05) is 56.3 Å². The van der Waals surface area contributed by atoms with Crippen LogP contribution in [0.2, 0.25) is 0 Å². The fourth-order valence-electron chi connectivity index (χ4n) is 3.13. The number of nitrogens with two attached hydrogens (primary N) is 1. The van der Waals surface area contributed by atoms with Crippen molar-refractivity contribution in [1.82, 2.24) is 0 Å². The Bertz CT molecular complexity index is 1060. The molecular formula is C23H25FN2O2S. The summed E-state index contributed by atoms with van der Waals surface area (Å²) in [6.07, 6.45) is 0. The highest BCUT2D eigenvalue weighted by molar-refractivity contribution is 7.89. The molecule has 0 fully saturated rings. The predicted octanol–water partition coefficient (Wildman–Crippen LogP) is 4.80. The van der Waals surface area contributed by atoms with Gasteiger partial charge in [0.05, 0.1) is 4.90 Å². The summed E-state index contributed by atoms with van der Waals surface area (Å²) in [6.45, 7) is 5.37. The topological polar surface area (TPSA) is 63.4 Å². The SMILES string of the molecule is CC(C)c1ccc(CN(Cc2ccc(F)cc2)c2cccc(S(N)(=O)=O)c2)cc1. The van der Waals surface area contributed by atoms with Crippen molar-refractivity contribution >= 4 is 15.7 Å². The maximum Gasteiger partial charge on any atom is 0.238 e. The van der Waals surface area contributed by atoms with Crippen molar-refractivity contribution in [3.8, 4) is 0 Å². The minimum absolute atomic E-state index is 0.0641. The van der Waals surface area contributed by atoms with E-state index in [1.54, 1.807) is 24.3 Å². The molecule has 152 valence electrons. The number of benzene rings is 3. The molecule has 0 saturated carbocycles. The third kappa shape index (κ3) is 5.65. The Morgan fingerprint density at radius 2 is 1.45 bits per heavy atom. The average Bonchev–Trinajstić information content (AvgIpc) is 2.69. The van der Waals surface area contributed by atoms with Crippen LogP contribution in [0.15, 0.2) is 77.7 Å². The standard InChI is InChI=1S/C23H25FN2O2S/c1-17(2)20-10-6-18(7-11-20)15-26(16-19-8-12-21(24)13-9-19)22-4-3-5-23(14-22)29(25,27)28/h3-14,17H,15-16H2,1-2H3,(H2,25,27,28). The van der Waals surface area contributed by atoms with Crippen LogP contribution >= 0.6 is 0 Å². The van der Waals surface area contributed by atoms with Crippen molar-refractivity contribution in [2.24, 2.45) is 5.14 Å². The molecule has 0 aliphatic carbocycles. The zero-order valence-electron chi connectivity index (χ0n) is 16.5. The molecule has 6 heteroatoms. The molecule has 0 aliphatic rings. The van der Waals surface area contributed by atoms with Crippen LogP contribution in [-0.2, 0) is 23.1 Å². The minimum atomic E-state index is -3.80. The van der Waals surface area contributed by atoms with Gasteiger partial charge in [-0.25, -0.2) is 17.9 Å². The molecule has 0 spiro atoms. The average molecular weight is 413 g/mol. The highest BCUT2D eigenvalue weighted by atomic mass is 32.2. The van der Waals surface area contributed by atoms with Crippen molar-refractivity contribution in [2.45, 2.75) is 37.8 Å². The van der Waals surface area contributed by atoms with Gasteiger partial charge in [-0.05, 0) is 52.9 Å². The quantitative estimate of drug-likeness (QED) is 0.606. The highest BCUT2D eigenvalue weighted by Crippen LogP contribution is 2.24. The monoisotopic (exact) mass is 412 g/mol. The van der Waals surface area contributed by atoms with Gasteiger partial charge in [0.15, 0.2) is 0 Å². The zero-order valence-corrected chi connectivity index (χ0v) is 17.4. The van der Waals surface area contributed by atoms with Gasteiger partial charge in [-0.2, -0.15) is 0 Å². The Morgan fingerprint density at radius 1 is 0.897 bits per heavy atom. The molecule has 0 amide bonds. The Kier molecular flexibility index (Phi) is 6.35. The molecule has 0 aromatic heterocycles. The van der Waals surface area contributed by atoms with Crippen LogP contribution in [0.3, 0.4) is 0 Å². The van der Waals surface area contributed by atoms with E-state index in [0.717, 1.165) is 16.8 Å². The lowest BCUT2D eigenvalue weighted by Gasteiger charge is -2.26. The summed E-state index contributed by atoms with van der Waals surface area (Å²) in [5.41, 5.74) is 4.01. The maximum absolute atomic E-state index is 13.3. The third-order valence-electron chi connectivity index (χ3n) is 4.82. The summed E-state index contributed by atoms with van der Waals surface area (Å²) in [6, 6.07) is 21.3. The Hall–Kier alpha value is -2.70. The summed E-state index contributed by atoms with van der Waals surface area (Å²) >= 11 is 0. The number of hydrogen-bond donors (Lipinski definition) is 1. The lowest BCUT2D eigenvalue weighted by atomic mass is 10.0. The van der Waals surface area contributed by atoms with E-state index in [1.165, 1.54) is 23.8 Å². The summed E-state index contributed by atoms with van der Waals surface area (Å²) in [7, 11) is -3.80. The van der Waals surface area contributed by atoms with Gasteiger partial charge < -0.3 is 4.90 Å². The molecule has 3 rings (SSSR count). The predicted molar refractivity (Wildman–Crippen MR) is 115 cm³/mol. The maximum atomic E-state index is 13.3. The van der Waals surface area contributed by atoms with Crippen molar-refractivity contribution in [3.05, 3.63) is 95.3 Å². The van der Waals surface area contributed by atoms with E-state index in [1.807, 2.05) is 11.0 Å². The van der Waals surface area contributed by atoms with Crippen LogP contribution in [0.25, 0.3) is 0 Å². The Balaban J connectivity index is 1.94. The van der Waals surface area contributed by atoms with Crippen molar-refractivity contribution in [2.75, 3.05) is 4.90 Å². The first-order valence-electron chi connectivity index (χ1n) is 9.43. The van der Waals surface area contributed by atoms with E-state index >= 15 is 0 Å². The van der Waals surface area contributed by atoms with E-state index in [2.05, 4.69) is 38.1 Å². The molecule has 3 aromatic rings. The summed E-state index contributed by atoms with van der Waals surface area (Å²) in [4.78, 5) is 2.11. The van der Waals surface area contributed by atoms with Crippen molar-refractivity contribution in [1.29, 1.82) is 0 Å². The van der Waals surface area contributed by atoms with Crippen LogP contribution in [0.4, 0.5) is 10.1 Å². The number of nitrogens with zero attached hydrogens (tertiary/aromatic N) is 1. The fraction of sp³-hybridized carbons (Fsp3) is 0.217. The van der Waals surface area contributed by atoms with Gasteiger partial charge in [0, 0.05) is 18.8 Å². The van der Waals surface area contributed by atoms with Crippen LogP contribution in [-0.4, -0.2) is 8.42 Å². The summed E-state index contributed by atoms with van der Waals surface area (Å²) in [5, 5.41) is 5.30. The molecule has 0 aliphatic heterocycles. The van der Waals surface area contributed by atoms with E-state index < -0.39 is 10.0 Å². The second-order valence-electron chi connectivity index (χ2n) is 7.42. The lowest BCUT2D eigenvalue weighted by Crippen LogP contribution is -2.23. The lowest BCUT2D eigenvalue weighted by molar-refractivity contribution is 0.597. The van der Waals surface area contributed by atoms with Crippen LogP contribution in [0.1, 0.15) is 36.5 Å². The molecule has 29 heavy (non-hydrogen) atoms. The van der Waals surface area contributed by atoms with Gasteiger partial charge in [0.25, 0.3) is 0 Å². The molecular weight excluding hydrogens is 387 g/mol. The second kappa shape index (κ2) is 8.76. The van der Waals surface area contributed by atoms with E-state index in [4.69, 9.17) is 5.14 Å². The zero-order chi connectivity index (χ0) is 21.0. The number of primary sulfonamides is 1. The van der Waals surface area contributed by atoms with Crippen LogP contribution < -0.4 is 10.0 Å². The van der Waals surface area contributed by atoms with E-state index in [9.17, 15) is 12.8 Å². The molecule has 0 radical (unpaired) electrons. The number of hydrogen-bond acceptors (Lipinski definition) is 3.